The highest BCUT2D eigenvalue weighted by Crippen LogP contribution is 2.26. The highest BCUT2D eigenvalue weighted by atomic mass is 79.9. The van der Waals surface area contributed by atoms with Crippen LogP contribution in [0.4, 0.5) is 0 Å². The van der Waals surface area contributed by atoms with Gasteiger partial charge in [-0.1, -0.05) is 0 Å². The van der Waals surface area contributed by atoms with Gasteiger partial charge in [0.25, 0.3) is 0 Å². The van der Waals surface area contributed by atoms with Crippen LogP contribution in [0.25, 0.3) is 0 Å². The van der Waals surface area contributed by atoms with Gasteiger partial charge in [0.15, 0.2) is 0 Å². The van der Waals surface area contributed by atoms with E-state index in [4.69, 9.17) is 5.73 Å². The molecule has 0 saturated carbocycles. The van der Waals surface area contributed by atoms with Crippen LogP contribution in [-0.4, -0.2) is 20.0 Å². The third kappa shape index (κ3) is 2.91. The maximum Gasteiger partial charge on any atom is 0.0738 e. The predicted molar refractivity (Wildman–Crippen MR) is 82.5 cm³/mol. The molecule has 0 aliphatic rings. The minimum atomic E-state index is -0.109. The number of hydrogen-bond acceptors (Lipinski definition) is 4. The van der Waals surface area contributed by atoms with E-state index in [1.165, 1.54) is 0 Å². The Morgan fingerprint density at radius 1 is 1.25 bits per heavy atom. The van der Waals surface area contributed by atoms with E-state index in [2.05, 4.69) is 38.1 Å². The molecule has 0 aromatic carbocycles. The SMILES string of the molecule is CCn1nc(C)c(Br)c1CC(N)c1cc(C)nnc1C. The first-order valence-corrected chi connectivity index (χ1v) is 7.51. The number of rotatable bonds is 4. The van der Waals surface area contributed by atoms with Gasteiger partial charge in [-0.05, 0) is 55.3 Å². The van der Waals surface area contributed by atoms with E-state index in [-0.39, 0.29) is 6.04 Å². The number of nitrogens with zero attached hydrogens (tertiary/aromatic N) is 4. The zero-order valence-electron chi connectivity index (χ0n) is 12.3. The van der Waals surface area contributed by atoms with Crippen molar-refractivity contribution >= 4 is 15.9 Å². The lowest BCUT2D eigenvalue weighted by atomic mass is 10.0. The lowest BCUT2D eigenvalue weighted by molar-refractivity contribution is 0.583. The molecule has 0 saturated heterocycles. The molecule has 0 spiro atoms. The molecule has 108 valence electrons. The summed E-state index contributed by atoms with van der Waals surface area (Å²) in [6, 6.07) is 1.90. The van der Waals surface area contributed by atoms with Crippen molar-refractivity contribution in [3.8, 4) is 0 Å². The molecule has 0 bridgehead atoms. The Morgan fingerprint density at radius 2 is 1.95 bits per heavy atom. The maximum atomic E-state index is 6.37. The van der Waals surface area contributed by atoms with E-state index in [1.54, 1.807) is 0 Å². The first-order valence-electron chi connectivity index (χ1n) is 6.72. The summed E-state index contributed by atoms with van der Waals surface area (Å²) in [4.78, 5) is 0. The van der Waals surface area contributed by atoms with E-state index >= 15 is 0 Å². The van der Waals surface area contributed by atoms with Gasteiger partial charge in [-0.15, -0.1) is 0 Å². The van der Waals surface area contributed by atoms with Crippen LogP contribution < -0.4 is 5.73 Å². The van der Waals surface area contributed by atoms with E-state index in [9.17, 15) is 0 Å². The van der Waals surface area contributed by atoms with Gasteiger partial charge in [-0.2, -0.15) is 15.3 Å². The summed E-state index contributed by atoms with van der Waals surface area (Å²) in [6.45, 7) is 8.78. The number of nitrogens with two attached hydrogens (primary N) is 1. The Kier molecular flexibility index (Phi) is 4.55. The van der Waals surface area contributed by atoms with Gasteiger partial charge >= 0.3 is 0 Å². The van der Waals surface area contributed by atoms with E-state index < -0.39 is 0 Å². The normalized spacial score (nSPS) is 12.7. The topological polar surface area (TPSA) is 69.6 Å². The highest BCUT2D eigenvalue weighted by Gasteiger charge is 2.18. The molecule has 2 rings (SSSR count). The van der Waals surface area contributed by atoms with Crippen LogP contribution in [0, 0.1) is 20.8 Å². The molecule has 0 aliphatic carbocycles. The molecule has 0 aliphatic heterocycles. The van der Waals surface area contributed by atoms with Crippen LogP contribution in [0.2, 0.25) is 0 Å². The first kappa shape index (κ1) is 15.1. The Balaban J connectivity index is 2.32. The maximum absolute atomic E-state index is 6.37. The van der Waals surface area contributed by atoms with Gasteiger partial charge in [0.05, 0.1) is 27.2 Å². The molecule has 2 N–H and O–H groups in total. The molecule has 5 nitrogen and oxygen atoms in total. The van der Waals surface area contributed by atoms with Crippen LogP contribution >= 0.6 is 15.9 Å². The molecule has 2 aromatic rings. The first-order chi connectivity index (χ1) is 9.43. The van der Waals surface area contributed by atoms with Gasteiger partial charge in [-0.25, -0.2) is 0 Å². The van der Waals surface area contributed by atoms with Crippen molar-refractivity contribution < 1.29 is 0 Å². The average molecular weight is 338 g/mol. The molecular weight excluding hydrogens is 318 g/mol. The summed E-state index contributed by atoms with van der Waals surface area (Å²) in [7, 11) is 0. The minimum Gasteiger partial charge on any atom is -0.324 e. The summed E-state index contributed by atoms with van der Waals surface area (Å²) in [5, 5.41) is 12.7. The quantitative estimate of drug-likeness (QED) is 0.930. The molecule has 2 aromatic heterocycles. The van der Waals surface area contributed by atoms with E-state index in [0.29, 0.717) is 0 Å². The van der Waals surface area contributed by atoms with Crippen LogP contribution in [0.15, 0.2) is 10.5 Å². The fourth-order valence-corrected chi connectivity index (χ4v) is 2.77. The van der Waals surface area contributed by atoms with Gasteiger partial charge in [0, 0.05) is 19.0 Å². The van der Waals surface area contributed by atoms with Crippen molar-refractivity contribution in [1.29, 1.82) is 0 Å². The summed E-state index contributed by atoms with van der Waals surface area (Å²) >= 11 is 3.61. The second kappa shape index (κ2) is 6.01. The second-order valence-corrected chi connectivity index (χ2v) is 5.79. The zero-order chi connectivity index (χ0) is 14.9. The molecule has 0 radical (unpaired) electrons. The largest absolute Gasteiger partial charge is 0.324 e. The average Bonchev–Trinajstić information content (AvgIpc) is 2.69. The number of halogens is 1. The van der Waals surface area contributed by atoms with E-state index in [0.717, 1.165) is 45.8 Å². The van der Waals surface area contributed by atoms with Gasteiger partial charge < -0.3 is 5.73 Å². The lowest BCUT2D eigenvalue weighted by Crippen LogP contribution is -2.18. The summed E-state index contributed by atoms with van der Waals surface area (Å²) in [5.74, 6) is 0. The van der Waals surface area contributed by atoms with Gasteiger partial charge in [0.1, 0.15) is 0 Å². The van der Waals surface area contributed by atoms with Crippen molar-refractivity contribution in [1.82, 2.24) is 20.0 Å². The van der Waals surface area contributed by atoms with Crippen LogP contribution in [0.5, 0.6) is 0 Å². The number of aromatic nitrogens is 4. The third-order valence-electron chi connectivity index (χ3n) is 3.41. The van der Waals surface area contributed by atoms with Crippen molar-refractivity contribution in [2.45, 2.75) is 46.7 Å². The van der Waals surface area contributed by atoms with E-state index in [1.807, 2.05) is 31.5 Å². The van der Waals surface area contributed by atoms with Crippen molar-refractivity contribution in [2.75, 3.05) is 0 Å². The summed E-state index contributed by atoms with van der Waals surface area (Å²) in [6.07, 6.45) is 0.723. The zero-order valence-corrected chi connectivity index (χ0v) is 13.9. The van der Waals surface area contributed by atoms with Gasteiger partial charge in [-0.3, -0.25) is 4.68 Å². The Labute approximate surface area is 127 Å². The second-order valence-electron chi connectivity index (χ2n) is 5.00. The Morgan fingerprint density at radius 3 is 2.60 bits per heavy atom. The molecule has 20 heavy (non-hydrogen) atoms. The molecule has 1 atom stereocenters. The lowest BCUT2D eigenvalue weighted by Gasteiger charge is -2.15. The molecule has 6 heteroatoms. The fourth-order valence-electron chi connectivity index (χ4n) is 2.33. The Hall–Kier alpha value is -1.27. The molecular formula is C14H20BrN5. The van der Waals surface area contributed by atoms with Crippen LogP contribution in [-0.2, 0) is 13.0 Å². The third-order valence-corrected chi connectivity index (χ3v) is 4.44. The molecule has 0 amide bonds. The molecule has 2 heterocycles. The van der Waals surface area contributed by atoms with Crippen LogP contribution in [0.1, 0.15) is 41.3 Å². The van der Waals surface area contributed by atoms with Gasteiger partial charge in [0.2, 0.25) is 0 Å². The standard InChI is InChI=1S/C14H20BrN5/c1-5-20-13(14(15)10(4)19-20)7-12(16)11-6-8(2)17-18-9(11)3/h6,12H,5,7,16H2,1-4H3. The summed E-state index contributed by atoms with van der Waals surface area (Å²) < 4.78 is 3.04. The van der Waals surface area contributed by atoms with Crippen LogP contribution in [0.3, 0.4) is 0 Å². The highest BCUT2D eigenvalue weighted by molar-refractivity contribution is 9.10. The van der Waals surface area contributed by atoms with Crippen molar-refractivity contribution in [2.24, 2.45) is 5.73 Å². The smallest absolute Gasteiger partial charge is 0.0738 e. The number of hydrogen-bond donors (Lipinski definition) is 1. The minimum absolute atomic E-state index is 0.109. The van der Waals surface area contributed by atoms with Crippen molar-refractivity contribution in [3.63, 3.8) is 0 Å². The molecule has 1 unspecified atom stereocenters. The molecule has 0 fully saturated rings. The predicted octanol–water partition coefficient (Wildman–Crippen LogP) is 2.62. The van der Waals surface area contributed by atoms with Crippen molar-refractivity contribution in [3.05, 3.63) is 38.9 Å². The summed E-state index contributed by atoms with van der Waals surface area (Å²) in [5.41, 5.74) is 11.3. The monoisotopic (exact) mass is 337 g/mol. The fraction of sp³-hybridized carbons (Fsp3) is 0.500. The number of aryl methyl sites for hydroxylation is 4. The Bertz CT molecular complexity index is 620.